The Hall–Kier alpha value is -3.58. The highest BCUT2D eigenvalue weighted by Gasteiger charge is 2.24. The van der Waals surface area contributed by atoms with Crippen LogP contribution in [0.1, 0.15) is 18.1 Å². The standard InChI is InChI=1S/C26H25NO5S/c1-4-18-7-12-22(13-8-18)33(29,30)25-17-27(16-19-5-9-20(31-2)10-6-19)24-14-11-21(32-3)15-23(24)26(25)28/h5-15,17H,4,16H2,1-3H3. The van der Waals surface area contributed by atoms with Crippen molar-refractivity contribution in [3.8, 4) is 11.5 Å². The van der Waals surface area contributed by atoms with Crippen molar-refractivity contribution in [2.24, 2.45) is 0 Å². The molecule has 0 spiro atoms. The van der Waals surface area contributed by atoms with Crippen LogP contribution >= 0.6 is 0 Å². The Labute approximate surface area is 192 Å². The van der Waals surface area contributed by atoms with Gasteiger partial charge in [-0.25, -0.2) is 8.42 Å². The zero-order chi connectivity index (χ0) is 23.6. The topological polar surface area (TPSA) is 74.6 Å². The Balaban J connectivity index is 1.91. The maximum absolute atomic E-state index is 13.5. The fraction of sp³-hybridized carbons (Fsp3) is 0.192. The lowest BCUT2D eigenvalue weighted by molar-refractivity contribution is 0.414. The van der Waals surface area contributed by atoms with Crippen LogP contribution < -0.4 is 14.9 Å². The van der Waals surface area contributed by atoms with Gasteiger partial charge in [0, 0.05) is 12.7 Å². The quantitative estimate of drug-likeness (QED) is 0.405. The van der Waals surface area contributed by atoms with E-state index in [2.05, 4.69) is 0 Å². The van der Waals surface area contributed by atoms with E-state index < -0.39 is 15.3 Å². The van der Waals surface area contributed by atoms with E-state index in [0.29, 0.717) is 17.8 Å². The molecule has 0 aliphatic carbocycles. The summed E-state index contributed by atoms with van der Waals surface area (Å²) in [5, 5.41) is 0.286. The predicted octanol–water partition coefficient (Wildman–Crippen LogP) is 4.46. The number of ether oxygens (including phenoxy) is 2. The van der Waals surface area contributed by atoms with Crippen molar-refractivity contribution >= 4 is 20.7 Å². The summed E-state index contributed by atoms with van der Waals surface area (Å²) in [6.07, 6.45) is 2.23. The molecular formula is C26H25NO5S. The molecule has 0 saturated heterocycles. The Bertz CT molecular complexity index is 1450. The highest BCUT2D eigenvalue weighted by Crippen LogP contribution is 2.25. The number of nitrogens with zero attached hydrogens (tertiary/aromatic N) is 1. The average Bonchev–Trinajstić information content (AvgIpc) is 2.85. The largest absolute Gasteiger partial charge is 0.497 e. The third-order valence-corrected chi connectivity index (χ3v) is 7.46. The second-order valence-corrected chi connectivity index (χ2v) is 9.60. The van der Waals surface area contributed by atoms with E-state index in [-0.39, 0.29) is 15.2 Å². The highest BCUT2D eigenvalue weighted by molar-refractivity contribution is 7.91. The molecule has 7 heteroatoms. The van der Waals surface area contributed by atoms with Gasteiger partial charge in [0.15, 0.2) is 0 Å². The molecule has 4 rings (SSSR count). The summed E-state index contributed by atoms with van der Waals surface area (Å²) in [6, 6.07) is 19.3. The number of aromatic nitrogens is 1. The number of rotatable bonds is 7. The van der Waals surface area contributed by atoms with Crippen LogP contribution in [0.4, 0.5) is 0 Å². The molecule has 0 bridgehead atoms. The predicted molar refractivity (Wildman–Crippen MR) is 128 cm³/mol. The molecule has 0 saturated carbocycles. The van der Waals surface area contributed by atoms with E-state index in [9.17, 15) is 13.2 Å². The van der Waals surface area contributed by atoms with E-state index in [1.54, 1.807) is 54.1 Å². The van der Waals surface area contributed by atoms with Crippen LogP contribution in [-0.4, -0.2) is 27.2 Å². The molecule has 6 nitrogen and oxygen atoms in total. The molecule has 0 aliphatic rings. The SMILES string of the molecule is CCc1ccc(S(=O)(=O)c2cn(Cc3ccc(OC)cc3)c3ccc(OC)cc3c2=O)cc1. The van der Waals surface area contributed by atoms with Gasteiger partial charge in [0.1, 0.15) is 16.4 Å². The third kappa shape index (κ3) is 4.36. The monoisotopic (exact) mass is 463 g/mol. The number of aryl methyl sites for hydroxylation is 1. The van der Waals surface area contributed by atoms with Crippen molar-refractivity contribution in [3.05, 3.63) is 94.3 Å². The van der Waals surface area contributed by atoms with Crippen molar-refractivity contribution in [1.29, 1.82) is 0 Å². The van der Waals surface area contributed by atoms with Gasteiger partial charge < -0.3 is 14.0 Å². The molecule has 0 fully saturated rings. The molecule has 0 aliphatic heterocycles. The molecule has 0 N–H and O–H groups in total. The lowest BCUT2D eigenvalue weighted by atomic mass is 10.1. The van der Waals surface area contributed by atoms with E-state index in [4.69, 9.17) is 9.47 Å². The number of fused-ring (bicyclic) bond motifs is 1. The summed E-state index contributed by atoms with van der Waals surface area (Å²) in [7, 11) is -0.919. The van der Waals surface area contributed by atoms with Gasteiger partial charge in [0.2, 0.25) is 15.3 Å². The first-order valence-corrected chi connectivity index (χ1v) is 12.0. The van der Waals surface area contributed by atoms with Gasteiger partial charge in [-0.05, 0) is 60.0 Å². The number of sulfone groups is 1. The molecule has 170 valence electrons. The smallest absolute Gasteiger partial charge is 0.211 e. The van der Waals surface area contributed by atoms with Crippen LogP contribution in [0.15, 0.2) is 87.5 Å². The van der Waals surface area contributed by atoms with Crippen LogP contribution in [-0.2, 0) is 22.8 Å². The van der Waals surface area contributed by atoms with Crippen LogP contribution in [0.3, 0.4) is 0 Å². The molecule has 0 amide bonds. The minimum Gasteiger partial charge on any atom is -0.497 e. The van der Waals surface area contributed by atoms with Gasteiger partial charge >= 0.3 is 0 Å². The molecule has 3 aromatic carbocycles. The Morgan fingerprint density at radius 2 is 1.42 bits per heavy atom. The van der Waals surface area contributed by atoms with Gasteiger partial charge in [-0.15, -0.1) is 0 Å². The van der Waals surface area contributed by atoms with Gasteiger partial charge in [-0.2, -0.15) is 0 Å². The first kappa shape index (κ1) is 22.6. The van der Waals surface area contributed by atoms with E-state index in [1.807, 2.05) is 31.2 Å². The summed E-state index contributed by atoms with van der Waals surface area (Å²) in [5.41, 5.74) is 2.03. The zero-order valence-electron chi connectivity index (χ0n) is 18.7. The fourth-order valence-corrected chi connectivity index (χ4v) is 5.13. The van der Waals surface area contributed by atoms with Crippen LogP contribution in [0, 0.1) is 0 Å². The minimum absolute atomic E-state index is 0.0926. The van der Waals surface area contributed by atoms with Crippen molar-refractivity contribution in [2.75, 3.05) is 14.2 Å². The van der Waals surface area contributed by atoms with E-state index in [1.165, 1.54) is 13.3 Å². The Kier molecular flexibility index (Phi) is 6.24. The van der Waals surface area contributed by atoms with E-state index in [0.717, 1.165) is 23.3 Å². The van der Waals surface area contributed by atoms with Crippen LogP contribution in [0.25, 0.3) is 10.9 Å². The lowest BCUT2D eigenvalue weighted by Gasteiger charge is -2.15. The van der Waals surface area contributed by atoms with Crippen molar-refractivity contribution in [2.45, 2.75) is 29.7 Å². The van der Waals surface area contributed by atoms with Gasteiger partial charge in [-0.1, -0.05) is 31.2 Å². The summed E-state index contributed by atoms with van der Waals surface area (Å²) < 4.78 is 39.2. The van der Waals surface area contributed by atoms with E-state index >= 15 is 0 Å². The van der Waals surface area contributed by atoms with Crippen molar-refractivity contribution in [3.63, 3.8) is 0 Å². The number of hydrogen-bond donors (Lipinski definition) is 0. The maximum Gasteiger partial charge on any atom is 0.211 e. The summed E-state index contributed by atoms with van der Waals surface area (Å²) >= 11 is 0. The van der Waals surface area contributed by atoms with Crippen LogP contribution in [0.5, 0.6) is 11.5 Å². The number of pyridine rings is 1. The summed E-state index contributed by atoms with van der Waals surface area (Å²) in [6.45, 7) is 2.38. The Morgan fingerprint density at radius 1 is 0.818 bits per heavy atom. The second kappa shape index (κ2) is 9.11. The Morgan fingerprint density at radius 3 is 2.03 bits per heavy atom. The molecule has 1 heterocycles. The molecule has 0 unspecified atom stereocenters. The van der Waals surface area contributed by atoms with Crippen molar-refractivity contribution < 1.29 is 17.9 Å². The number of methoxy groups -OCH3 is 2. The second-order valence-electron chi connectivity index (χ2n) is 7.68. The molecule has 1 aromatic heterocycles. The third-order valence-electron chi connectivity index (χ3n) is 5.70. The lowest BCUT2D eigenvalue weighted by Crippen LogP contribution is -2.19. The molecule has 4 aromatic rings. The van der Waals surface area contributed by atoms with Crippen molar-refractivity contribution in [1.82, 2.24) is 4.57 Å². The van der Waals surface area contributed by atoms with Crippen LogP contribution in [0.2, 0.25) is 0 Å². The first-order chi connectivity index (χ1) is 15.9. The molecule has 0 radical (unpaired) electrons. The normalized spacial score (nSPS) is 11.5. The molecule has 0 atom stereocenters. The van der Waals surface area contributed by atoms with Gasteiger partial charge in [0.25, 0.3) is 0 Å². The average molecular weight is 464 g/mol. The van der Waals surface area contributed by atoms with Gasteiger partial charge in [0.05, 0.1) is 30.0 Å². The molecular weight excluding hydrogens is 438 g/mol. The summed E-state index contributed by atoms with van der Waals surface area (Å²) in [4.78, 5) is 13.2. The van der Waals surface area contributed by atoms with Gasteiger partial charge in [-0.3, -0.25) is 4.79 Å². The highest BCUT2D eigenvalue weighted by atomic mass is 32.2. The zero-order valence-corrected chi connectivity index (χ0v) is 19.6. The minimum atomic E-state index is -4.03. The summed E-state index contributed by atoms with van der Waals surface area (Å²) in [5.74, 6) is 1.21. The fourth-order valence-electron chi connectivity index (χ4n) is 3.76. The number of benzene rings is 3. The first-order valence-electron chi connectivity index (χ1n) is 10.6. The maximum atomic E-state index is 13.5. The number of hydrogen-bond acceptors (Lipinski definition) is 5. The molecule has 33 heavy (non-hydrogen) atoms.